The van der Waals surface area contributed by atoms with Gasteiger partial charge in [0.25, 0.3) is 0 Å². The van der Waals surface area contributed by atoms with Crippen molar-refractivity contribution in [3.05, 3.63) is 28.3 Å². The molecule has 0 saturated heterocycles. The second-order valence-electron chi connectivity index (χ2n) is 6.07. The molecule has 0 bridgehead atoms. The molecule has 0 aliphatic carbocycles. The van der Waals surface area contributed by atoms with Crippen LogP contribution in [0.4, 0.5) is 0 Å². The molecule has 0 spiro atoms. The summed E-state index contributed by atoms with van der Waals surface area (Å²) in [5, 5.41) is 4.59. The van der Waals surface area contributed by atoms with E-state index in [1.165, 1.54) is 22.3 Å². The van der Waals surface area contributed by atoms with Gasteiger partial charge >= 0.3 is 0 Å². The summed E-state index contributed by atoms with van der Waals surface area (Å²) >= 11 is 0. The number of rotatable bonds is 4. The fourth-order valence-corrected chi connectivity index (χ4v) is 2.89. The molecule has 4 nitrogen and oxygen atoms in total. The number of methoxy groups -OCH3 is 2. The zero-order valence-corrected chi connectivity index (χ0v) is 16.7. The molecule has 5 heteroatoms. The minimum atomic E-state index is 0. The Hall–Kier alpha value is -1.31. The fraction of sp³-hybridized carbons (Fsp3) is 0.500. The molecule has 0 aliphatic rings. The van der Waals surface area contributed by atoms with Crippen LogP contribution in [-0.2, 0) is 20.4 Å². The minimum absolute atomic E-state index is 0. The third kappa shape index (κ3) is 3.32. The Morgan fingerprint density at radius 1 is 0.913 bits per heavy atom. The van der Waals surface area contributed by atoms with Gasteiger partial charge in [0.1, 0.15) is 5.56 Å². The number of hydrogen-bond acceptors (Lipinski definition) is 3. The van der Waals surface area contributed by atoms with Crippen LogP contribution in [-0.4, -0.2) is 24.0 Å². The Labute approximate surface area is 152 Å². The van der Waals surface area contributed by atoms with Crippen LogP contribution in [0.5, 0.6) is 11.8 Å². The van der Waals surface area contributed by atoms with E-state index in [1.807, 2.05) is 4.68 Å². The van der Waals surface area contributed by atoms with Gasteiger partial charge in [-0.1, -0.05) is 6.07 Å². The van der Waals surface area contributed by atoms with Gasteiger partial charge in [-0.3, -0.25) is 0 Å². The second-order valence-corrected chi connectivity index (χ2v) is 6.07. The maximum absolute atomic E-state index is 5.68. The van der Waals surface area contributed by atoms with Crippen molar-refractivity contribution in [1.82, 2.24) is 9.78 Å². The van der Waals surface area contributed by atoms with E-state index in [-0.39, 0.29) is 26.5 Å². The molecular formula is C18H26N2O2Pd. The van der Waals surface area contributed by atoms with Gasteiger partial charge in [-0.05, 0) is 69.4 Å². The summed E-state index contributed by atoms with van der Waals surface area (Å²) in [4.78, 5) is 0. The van der Waals surface area contributed by atoms with Crippen LogP contribution in [0.3, 0.4) is 0 Å². The van der Waals surface area contributed by atoms with Gasteiger partial charge in [-0.2, -0.15) is 0 Å². The van der Waals surface area contributed by atoms with E-state index in [0.717, 1.165) is 17.0 Å². The van der Waals surface area contributed by atoms with Crippen LogP contribution in [0.15, 0.2) is 6.07 Å². The quantitative estimate of drug-likeness (QED) is 0.704. The maximum Gasteiger partial charge on any atom is 0.244 e. The van der Waals surface area contributed by atoms with E-state index in [0.29, 0.717) is 5.88 Å². The molecular weight excluding hydrogens is 383 g/mol. The number of ether oxygens (including phenoxy) is 2. The monoisotopic (exact) mass is 408 g/mol. The van der Waals surface area contributed by atoms with E-state index in [2.05, 4.69) is 52.7 Å². The van der Waals surface area contributed by atoms with E-state index in [4.69, 9.17) is 9.47 Å². The van der Waals surface area contributed by atoms with Gasteiger partial charge in [0.2, 0.25) is 11.8 Å². The number of aryl methyl sites for hydroxylation is 2. The molecule has 0 radical (unpaired) electrons. The van der Waals surface area contributed by atoms with E-state index >= 15 is 0 Å². The standard InChI is InChI=1S/C18H26N2O2.Pd/c1-10(2)20-18(22-8)16(17(19-20)21-7)15-13(5)11(3)9-12(4)14(15)6;/h9-10H,1-8H3;. The van der Waals surface area contributed by atoms with Gasteiger partial charge in [-0.25, -0.2) is 4.68 Å². The number of aromatic nitrogens is 2. The summed E-state index contributed by atoms with van der Waals surface area (Å²) in [7, 11) is 3.34. The third-order valence-electron chi connectivity index (χ3n) is 4.33. The van der Waals surface area contributed by atoms with Crippen molar-refractivity contribution in [1.29, 1.82) is 0 Å². The van der Waals surface area contributed by atoms with E-state index in [9.17, 15) is 0 Å². The van der Waals surface area contributed by atoms with Crippen LogP contribution in [0.25, 0.3) is 11.1 Å². The van der Waals surface area contributed by atoms with Crippen LogP contribution in [0.2, 0.25) is 0 Å². The van der Waals surface area contributed by atoms with Gasteiger partial charge in [-0.15, -0.1) is 5.10 Å². The molecule has 1 aromatic heterocycles. The predicted molar refractivity (Wildman–Crippen MR) is 90.1 cm³/mol. The predicted octanol–water partition coefficient (Wildman–Crippen LogP) is 4.38. The Morgan fingerprint density at radius 2 is 1.43 bits per heavy atom. The van der Waals surface area contributed by atoms with Gasteiger partial charge in [0.15, 0.2) is 0 Å². The first-order chi connectivity index (χ1) is 10.3. The molecule has 0 saturated carbocycles. The average Bonchev–Trinajstić information content (AvgIpc) is 2.84. The van der Waals surface area contributed by atoms with Crippen LogP contribution in [0, 0.1) is 27.7 Å². The molecule has 2 aromatic rings. The smallest absolute Gasteiger partial charge is 0.244 e. The topological polar surface area (TPSA) is 36.3 Å². The van der Waals surface area contributed by atoms with Crippen molar-refractivity contribution in [3.8, 4) is 22.9 Å². The Balaban J connectivity index is 0.00000264. The third-order valence-corrected chi connectivity index (χ3v) is 4.33. The summed E-state index contributed by atoms with van der Waals surface area (Å²) in [5.41, 5.74) is 7.11. The summed E-state index contributed by atoms with van der Waals surface area (Å²) in [5.74, 6) is 1.37. The normalized spacial score (nSPS) is 10.7. The fourth-order valence-electron chi connectivity index (χ4n) is 2.89. The molecule has 0 atom stereocenters. The van der Waals surface area contributed by atoms with Crippen molar-refractivity contribution in [3.63, 3.8) is 0 Å². The van der Waals surface area contributed by atoms with Crippen molar-refractivity contribution >= 4 is 0 Å². The summed E-state index contributed by atoms with van der Waals surface area (Å²) in [6.07, 6.45) is 0. The first-order valence-corrected chi connectivity index (χ1v) is 7.61. The van der Waals surface area contributed by atoms with Crippen LogP contribution in [0.1, 0.15) is 42.1 Å². The summed E-state index contributed by atoms with van der Waals surface area (Å²) in [6, 6.07) is 2.42. The average molecular weight is 409 g/mol. The molecule has 0 fully saturated rings. The van der Waals surface area contributed by atoms with Crippen molar-refractivity contribution < 1.29 is 29.9 Å². The Bertz CT molecular complexity index is 680. The largest absolute Gasteiger partial charge is 0.481 e. The first kappa shape index (κ1) is 19.7. The zero-order chi connectivity index (χ0) is 16.6. The number of nitrogens with zero attached hydrogens (tertiary/aromatic N) is 2. The maximum atomic E-state index is 5.68. The molecule has 1 heterocycles. The molecule has 23 heavy (non-hydrogen) atoms. The molecule has 0 aliphatic heterocycles. The molecule has 2 rings (SSSR count). The van der Waals surface area contributed by atoms with Gasteiger partial charge in [0, 0.05) is 20.4 Å². The Kier molecular flexibility index (Phi) is 6.44. The molecule has 0 unspecified atom stereocenters. The Morgan fingerprint density at radius 3 is 1.83 bits per heavy atom. The van der Waals surface area contributed by atoms with E-state index < -0.39 is 0 Å². The van der Waals surface area contributed by atoms with Crippen LogP contribution < -0.4 is 9.47 Å². The molecule has 130 valence electrons. The van der Waals surface area contributed by atoms with E-state index in [1.54, 1.807) is 14.2 Å². The SMILES string of the molecule is COc1nn(C(C)C)c(OC)c1-c1c(C)c(C)cc(C)c1C.[Pd]. The van der Waals surface area contributed by atoms with Crippen LogP contribution >= 0.6 is 0 Å². The number of hydrogen-bond donors (Lipinski definition) is 0. The zero-order valence-electron chi connectivity index (χ0n) is 15.2. The first-order valence-electron chi connectivity index (χ1n) is 7.61. The van der Waals surface area contributed by atoms with Crippen molar-refractivity contribution in [2.24, 2.45) is 0 Å². The van der Waals surface area contributed by atoms with Gasteiger partial charge in [0.05, 0.1) is 20.3 Å². The van der Waals surface area contributed by atoms with Crippen molar-refractivity contribution in [2.75, 3.05) is 14.2 Å². The molecule has 0 amide bonds. The second kappa shape index (κ2) is 7.51. The molecule has 1 aromatic carbocycles. The summed E-state index contributed by atoms with van der Waals surface area (Å²) in [6.45, 7) is 12.7. The van der Waals surface area contributed by atoms with Gasteiger partial charge < -0.3 is 9.47 Å². The van der Waals surface area contributed by atoms with Crippen molar-refractivity contribution in [2.45, 2.75) is 47.6 Å². The summed E-state index contributed by atoms with van der Waals surface area (Å²) < 4.78 is 13.1. The number of benzene rings is 1. The molecule has 0 N–H and O–H groups in total. The minimum Gasteiger partial charge on any atom is -0.481 e.